The second-order valence-electron chi connectivity index (χ2n) is 2.13. The standard InChI is InChI=1S/C7H8N4O/c1-12-7-4(3-8)5(9)2-6(10)11-7/h2H,1H3,(H4,9,10,11). The van der Waals surface area contributed by atoms with E-state index in [1.54, 1.807) is 0 Å². The molecule has 0 saturated heterocycles. The summed E-state index contributed by atoms with van der Waals surface area (Å²) in [6.07, 6.45) is 0. The summed E-state index contributed by atoms with van der Waals surface area (Å²) in [5.41, 5.74) is 11.4. The topological polar surface area (TPSA) is 97.9 Å². The van der Waals surface area contributed by atoms with E-state index in [-0.39, 0.29) is 22.9 Å². The van der Waals surface area contributed by atoms with Gasteiger partial charge in [0, 0.05) is 6.07 Å². The molecule has 0 aliphatic carbocycles. The minimum Gasteiger partial charge on any atom is -0.480 e. The van der Waals surface area contributed by atoms with Crippen molar-refractivity contribution < 1.29 is 4.74 Å². The van der Waals surface area contributed by atoms with Crippen LogP contribution in [-0.2, 0) is 0 Å². The van der Waals surface area contributed by atoms with Gasteiger partial charge in [-0.25, -0.2) is 0 Å². The predicted octanol–water partition coefficient (Wildman–Crippen LogP) is 0.126. The van der Waals surface area contributed by atoms with Gasteiger partial charge >= 0.3 is 0 Å². The lowest BCUT2D eigenvalue weighted by molar-refractivity contribution is 0.397. The molecule has 0 aliphatic heterocycles. The normalized spacial score (nSPS) is 9.00. The Morgan fingerprint density at radius 3 is 2.75 bits per heavy atom. The zero-order chi connectivity index (χ0) is 9.14. The number of aromatic nitrogens is 1. The van der Waals surface area contributed by atoms with E-state index in [9.17, 15) is 0 Å². The van der Waals surface area contributed by atoms with Crippen molar-refractivity contribution in [2.45, 2.75) is 0 Å². The number of pyridine rings is 1. The first-order valence-electron chi connectivity index (χ1n) is 3.19. The molecular formula is C7H8N4O. The SMILES string of the molecule is COc1nc(N)cc(N)c1C#N. The van der Waals surface area contributed by atoms with Crippen LogP contribution in [0.4, 0.5) is 11.5 Å². The molecule has 0 spiro atoms. The van der Waals surface area contributed by atoms with E-state index in [0.29, 0.717) is 0 Å². The van der Waals surface area contributed by atoms with Gasteiger partial charge in [0.2, 0.25) is 5.88 Å². The van der Waals surface area contributed by atoms with Crippen molar-refractivity contribution in [1.29, 1.82) is 5.26 Å². The van der Waals surface area contributed by atoms with Crippen LogP contribution >= 0.6 is 0 Å². The van der Waals surface area contributed by atoms with Gasteiger partial charge in [-0.1, -0.05) is 0 Å². The maximum absolute atomic E-state index is 8.63. The summed E-state index contributed by atoms with van der Waals surface area (Å²) < 4.78 is 4.80. The zero-order valence-electron chi connectivity index (χ0n) is 6.53. The molecule has 1 aromatic heterocycles. The fraction of sp³-hybridized carbons (Fsp3) is 0.143. The highest BCUT2D eigenvalue weighted by molar-refractivity contribution is 5.62. The van der Waals surface area contributed by atoms with Crippen molar-refractivity contribution >= 4 is 11.5 Å². The molecule has 1 aromatic rings. The predicted molar refractivity (Wildman–Crippen MR) is 44.3 cm³/mol. The zero-order valence-corrected chi connectivity index (χ0v) is 6.53. The number of ether oxygens (including phenoxy) is 1. The lowest BCUT2D eigenvalue weighted by atomic mass is 10.2. The lowest BCUT2D eigenvalue weighted by Crippen LogP contribution is -2.01. The minimum atomic E-state index is 0.162. The van der Waals surface area contributed by atoms with Crippen LogP contribution in [-0.4, -0.2) is 12.1 Å². The van der Waals surface area contributed by atoms with Crippen molar-refractivity contribution in [1.82, 2.24) is 4.98 Å². The van der Waals surface area contributed by atoms with Gasteiger partial charge in [0.05, 0.1) is 12.8 Å². The maximum atomic E-state index is 8.63. The average molecular weight is 164 g/mol. The van der Waals surface area contributed by atoms with Gasteiger partial charge < -0.3 is 16.2 Å². The van der Waals surface area contributed by atoms with Crippen molar-refractivity contribution in [3.8, 4) is 11.9 Å². The molecule has 0 atom stereocenters. The van der Waals surface area contributed by atoms with Crippen LogP contribution in [0.1, 0.15) is 5.56 Å². The summed E-state index contributed by atoms with van der Waals surface area (Å²) in [6.45, 7) is 0. The monoisotopic (exact) mass is 164 g/mol. The molecule has 0 fully saturated rings. The van der Waals surface area contributed by atoms with Crippen molar-refractivity contribution in [3.63, 3.8) is 0 Å². The van der Waals surface area contributed by atoms with Crippen LogP contribution < -0.4 is 16.2 Å². The molecule has 5 heteroatoms. The third kappa shape index (κ3) is 1.22. The van der Waals surface area contributed by atoms with E-state index in [4.69, 9.17) is 21.5 Å². The first-order valence-corrected chi connectivity index (χ1v) is 3.19. The first-order chi connectivity index (χ1) is 5.69. The van der Waals surface area contributed by atoms with Crippen molar-refractivity contribution in [3.05, 3.63) is 11.6 Å². The smallest absolute Gasteiger partial charge is 0.235 e. The van der Waals surface area contributed by atoms with Crippen LogP contribution in [0.2, 0.25) is 0 Å². The molecule has 62 valence electrons. The largest absolute Gasteiger partial charge is 0.480 e. The summed E-state index contributed by atoms with van der Waals surface area (Å²) in [6, 6.07) is 3.29. The molecule has 1 heterocycles. The molecule has 0 aromatic carbocycles. The summed E-state index contributed by atoms with van der Waals surface area (Å²) in [5.74, 6) is 0.401. The Labute approximate surface area is 69.6 Å². The molecule has 0 unspecified atom stereocenters. The molecule has 5 nitrogen and oxygen atoms in total. The number of anilines is 2. The van der Waals surface area contributed by atoms with Gasteiger partial charge in [-0.3, -0.25) is 0 Å². The Morgan fingerprint density at radius 2 is 2.25 bits per heavy atom. The van der Waals surface area contributed by atoms with E-state index < -0.39 is 0 Å². The van der Waals surface area contributed by atoms with E-state index in [1.807, 2.05) is 6.07 Å². The van der Waals surface area contributed by atoms with Crippen LogP contribution in [0.3, 0.4) is 0 Å². The van der Waals surface area contributed by atoms with Crippen molar-refractivity contribution in [2.24, 2.45) is 0 Å². The fourth-order valence-corrected chi connectivity index (χ4v) is 0.820. The Hall–Kier alpha value is -1.96. The second-order valence-corrected chi connectivity index (χ2v) is 2.13. The second kappa shape index (κ2) is 2.96. The minimum absolute atomic E-state index is 0.162. The molecule has 0 amide bonds. The number of rotatable bonds is 1. The van der Waals surface area contributed by atoms with Gasteiger partial charge in [0.25, 0.3) is 0 Å². The lowest BCUT2D eigenvalue weighted by Gasteiger charge is -2.04. The van der Waals surface area contributed by atoms with Gasteiger partial charge in [-0.2, -0.15) is 10.2 Å². The first kappa shape index (κ1) is 8.14. The van der Waals surface area contributed by atoms with Crippen LogP contribution in [0.25, 0.3) is 0 Å². The summed E-state index contributed by atoms with van der Waals surface area (Å²) >= 11 is 0. The Bertz CT molecular complexity index is 342. The highest BCUT2D eigenvalue weighted by atomic mass is 16.5. The molecule has 4 N–H and O–H groups in total. The third-order valence-corrected chi connectivity index (χ3v) is 1.34. The Balaban J connectivity index is 3.36. The van der Waals surface area contributed by atoms with E-state index in [0.717, 1.165) is 0 Å². The van der Waals surface area contributed by atoms with Crippen LogP contribution in [0.15, 0.2) is 6.07 Å². The summed E-state index contributed by atoms with van der Waals surface area (Å²) in [5, 5.41) is 8.63. The van der Waals surface area contributed by atoms with Crippen LogP contribution in [0.5, 0.6) is 5.88 Å². The molecule has 0 aliphatic rings. The number of nitrogens with zero attached hydrogens (tertiary/aromatic N) is 2. The fourth-order valence-electron chi connectivity index (χ4n) is 0.820. The van der Waals surface area contributed by atoms with Gasteiger partial charge in [0.1, 0.15) is 17.5 Å². The number of hydrogen-bond donors (Lipinski definition) is 2. The molecule has 0 bridgehead atoms. The molecule has 12 heavy (non-hydrogen) atoms. The molecule has 0 saturated carbocycles. The van der Waals surface area contributed by atoms with Crippen LogP contribution in [0, 0.1) is 11.3 Å². The number of nitriles is 1. The maximum Gasteiger partial charge on any atom is 0.235 e. The number of nitrogens with two attached hydrogens (primary N) is 2. The summed E-state index contributed by atoms with van der Waals surface area (Å²) in [4.78, 5) is 3.78. The quantitative estimate of drug-likeness (QED) is 0.614. The Kier molecular flexibility index (Phi) is 2.01. The molecule has 0 radical (unpaired) electrons. The van der Waals surface area contributed by atoms with Crippen molar-refractivity contribution in [2.75, 3.05) is 18.6 Å². The molecular weight excluding hydrogens is 156 g/mol. The van der Waals surface area contributed by atoms with Gasteiger partial charge in [-0.15, -0.1) is 0 Å². The average Bonchev–Trinajstić information content (AvgIpc) is 2.03. The van der Waals surface area contributed by atoms with Gasteiger partial charge in [-0.05, 0) is 0 Å². The number of hydrogen-bond acceptors (Lipinski definition) is 5. The molecule has 1 rings (SSSR count). The van der Waals surface area contributed by atoms with Gasteiger partial charge in [0.15, 0.2) is 0 Å². The van der Waals surface area contributed by atoms with E-state index >= 15 is 0 Å². The third-order valence-electron chi connectivity index (χ3n) is 1.34. The number of methoxy groups -OCH3 is 1. The van der Waals surface area contributed by atoms with E-state index in [1.165, 1.54) is 13.2 Å². The highest BCUT2D eigenvalue weighted by Gasteiger charge is 2.08. The summed E-state index contributed by atoms with van der Waals surface area (Å²) in [7, 11) is 1.40. The Morgan fingerprint density at radius 1 is 1.58 bits per heavy atom. The van der Waals surface area contributed by atoms with E-state index in [2.05, 4.69) is 4.98 Å². The number of nitrogen functional groups attached to an aromatic ring is 2. The highest BCUT2D eigenvalue weighted by Crippen LogP contribution is 2.22.